The highest BCUT2D eigenvalue weighted by atomic mass is 79.9. The van der Waals surface area contributed by atoms with Crippen LogP contribution in [0.4, 0.5) is 8.78 Å². The van der Waals surface area contributed by atoms with Crippen LogP contribution in [0.5, 0.6) is 5.75 Å². The standard InChI is InChI=1S/C9H10BrF2NO/c1-5(13)7-4-6(10)2-3-8(7)14-9(11)12/h2-5,9H,13H2,1H3. The Bertz CT molecular complexity index is 318. The lowest BCUT2D eigenvalue weighted by Crippen LogP contribution is -2.10. The number of nitrogens with two attached hydrogens (primary N) is 1. The maximum Gasteiger partial charge on any atom is 0.387 e. The Labute approximate surface area is 89.2 Å². The first-order valence-electron chi connectivity index (χ1n) is 4.00. The van der Waals surface area contributed by atoms with Crippen LogP contribution in [0, 0.1) is 0 Å². The maximum atomic E-state index is 12.0. The van der Waals surface area contributed by atoms with Gasteiger partial charge in [0.1, 0.15) is 5.75 Å². The maximum absolute atomic E-state index is 12.0. The lowest BCUT2D eigenvalue weighted by atomic mass is 10.1. The molecular weight excluding hydrogens is 256 g/mol. The molecule has 1 unspecified atom stereocenters. The van der Waals surface area contributed by atoms with E-state index in [-0.39, 0.29) is 11.8 Å². The first-order chi connectivity index (χ1) is 6.50. The van der Waals surface area contributed by atoms with Crippen molar-refractivity contribution in [2.24, 2.45) is 5.73 Å². The lowest BCUT2D eigenvalue weighted by Gasteiger charge is -2.13. The summed E-state index contributed by atoms with van der Waals surface area (Å²) in [6.07, 6.45) is 0. The Morgan fingerprint density at radius 1 is 1.43 bits per heavy atom. The molecule has 14 heavy (non-hydrogen) atoms. The molecule has 5 heteroatoms. The van der Waals surface area contributed by atoms with Gasteiger partial charge in [0.2, 0.25) is 0 Å². The Morgan fingerprint density at radius 3 is 2.57 bits per heavy atom. The lowest BCUT2D eigenvalue weighted by molar-refractivity contribution is -0.0505. The topological polar surface area (TPSA) is 35.2 Å². The van der Waals surface area contributed by atoms with Gasteiger partial charge in [-0.2, -0.15) is 8.78 Å². The van der Waals surface area contributed by atoms with Crippen molar-refractivity contribution in [1.29, 1.82) is 0 Å². The predicted molar refractivity (Wildman–Crippen MR) is 53.4 cm³/mol. The molecule has 1 rings (SSSR count). The summed E-state index contributed by atoms with van der Waals surface area (Å²) in [6, 6.07) is 4.42. The Hall–Kier alpha value is -0.680. The molecule has 78 valence electrons. The second kappa shape index (κ2) is 4.70. The normalized spacial score (nSPS) is 13.0. The van der Waals surface area contributed by atoms with Crippen LogP contribution in [-0.2, 0) is 0 Å². The molecule has 0 saturated heterocycles. The van der Waals surface area contributed by atoms with Gasteiger partial charge in [-0.25, -0.2) is 0 Å². The number of hydrogen-bond acceptors (Lipinski definition) is 2. The van der Waals surface area contributed by atoms with E-state index in [1.807, 2.05) is 0 Å². The number of hydrogen-bond donors (Lipinski definition) is 1. The van der Waals surface area contributed by atoms with Gasteiger partial charge in [0.05, 0.1) is 0 Å². The van der Waals surface area contributed by atoms with Crippen LogP contribution in [0.15, 0.2) is 22.7 Å². The van der Waals surface area contributed by atoms with Gasteiger partial charge >= 0.3 is 6.61 Å². The molecule has 0 spiro atoms. The van der Waals surface area contributed by atoms with Crippen molar-refractivity contribution >= 4 is 15.9 Å². The van der Waals surface area contributed by atoms with E-state index in [1.54, 1.807) is 19.1 Å². The molecule has 0 heterocycles. The molecule has 0 aliphatic carbocycles. The summed E-state index contributed by atoms with van der Waals surface area (Å²) in [4.78, 5) is 0. The van der Waals surface area contributed by atoms with Gasteiger partial charge in [0, 0.05) is 16.1 Å². The summed E-state index contributed by atoms with van der Waals surface area (Å²) < 4.78 is 29.1. The highest BCUT2D eigenvalue weighted by molar-refractivity contribution is 9.10. The summed E-state index contributed by atoms with van der Waals surface area (Å²) in [5, 5.41) is 0. The fraction of sp³-hybridized carbons (Fsp3) is 0.333. The third kappa shape index (κ3) is 2.92. The number of rotatable bonds is 3. The van der Waals surface area contributed by atoms with Gasteiger partial charge in [0.15, 0.2) is 0 Å². The highest BCUT2D eigenvalue weighted by Crippen LogP contribution is 2.28. The third-order valence-corrected chi connectivity index (χ3v) is 2.17. The summed E-state index contributed by atoms with van der Waals surface area (Å²) in [5.41, 5.74) is 6.17. The van der Waals surface area contributed by atoms with Gasteiger partial charge in [-0.05, 0) is 25.1 Å². The SMILES string of the molecule is CC(N)c1cc(Br)ccc1OC(F)F. The van der Waals surface area contributed by atoms with Crippen LogP contribution in [0.25, 0.3) is 0 Å². The van der Waals surface area contributed by atoms with Gasteiger partial charge in [-0.3, -0.25) is 0 Å². The number of ether oxygens (including phenoxy) is 1. The molecule has 2 nitrogen and oxygen atoms in total. The Morgan fingerprint density at radius 2 is 2.07 bits per heavy atom. The summed E-state index contributed by atoms with van der Waals surface area (Å²) in [7, 11) is 0. The van der Waals surface area contributed by atoms with E-state index in [0.29, 0.717) is 5.56 Å². The van der Waals surface area contributed by atoms with E-state index in [1.165, 1.54) is 6.07 Å². The minimum Gasteiger partial charge on any atom is -0.434 e. The van der Waals surface area contributed by atoms with Crippen molar-refractivity contribution < 1.29 is 13.5 Å². The monoisotopic (exact) mass is 265 g/mol. The predicted octanol–water partition coefficient (Wildman–Crippen LogP) is 3.07. The molecule has 0 bridgehead atoms. The van der Waals surface area contributed by atoms with Crippen molar-refractivity contribution in [3.8, 4) is 5.75 Å². The quantitative estimate of drug-likeness (QED) is 0.912. The molecule has 0 aromatic heterocycles. The average molecular weight is 266 g/mol. The zero-order chi connectivity index (χ0) is 10.7. The highest BCUT2D eigenvalue weighted by Gasteiger charge is 2.12. The molecule has 0 fully saturated rings. The van der Waals surface area contributed by atoms with Crippen molar-refractivity contribution in [2.75, 3.05) is 0 Å². The van der Waals surface area contributed by atoms with E-state index >= 15 is 0 Å². The molecule has 2 N–H and O–H groups in total. The van der Waals surface area contributed by atoms with E-state index < -0.39 is 6.61 Å². The van der Waals surface area contributed by atoms with Gasteiger partial charge in [0.25, 0.3) is 0 Å². The average Bonchev–Trinajstić information content (AvgIpc) is 2.07. The Kier molecular flexibility index (Phi) is 3.83. The zero-order valence-corrected chi connectivity index (χ0v) is 9.09. The molecular formula is C9H10BrF2NO. The zero-order valence-electron chi connectivity index (χ0n) is 7.51. The summed E-state index contributed by atoms with van der Waals surface area (Å²) >= 11 is 3.23. The van der Waals surface area contributed by atoms with Crippen LogP contribution in [0.1, 0.15) is 18.5 Å². The van der Waals surface area contributed by atoms with Crippen molar-refractivity contribution in [2.45, 2.75) is 19.6 Å². The molecule has 1 aromatic carbocycles. The second-order valence-corrected chi connectivity index (χ2v) is 3.77. The van der Waals surface area contributed by atoms with Crippen molar-refractivity contribution in [1.82, 2.24) is 0 Å². The number of benzene rings is 1. The molecule has 0 aliphatic heterocycles. The van der Waals surface area contributed by atoms with Crippen LogP contribution in [-0.4, -0.2) is 6.61 Å². The summed E-state index contributed by atoms with van der Waals surface area (Å²) in [6.45, 7) is -1.12. The molecule has 0 amide bonds. The summed E-state index contributed by atoms with van der Waals surface area (Å²) in [5.74, 6) is 0.123. The minimum absolute atomic E-state index is 0.123. The van der Waals surface area contributed by atoms with E-state index in [9.17, 15) is 8.78 Å². The van der Waals surface area contributed by atoms with Crippen molar-refractivity contribution in [3.63, 3.8) is 0 Å². The van der Waals surface area contributed by atoms with E-state index in [4.69, 9.17) is 5.73 Å². The first kappa shape index (κ1) is 11.4. The fourth-order valence-corrected chi connectivity index (χ4v) is 1.46. The van der Waals surface area contributed by atoms with Crippen molar-refractivity contribution in [3.05, 3.63) is 28.2 Å². The fourth-order valence-electron chi connectivity index (χ4n) is 1.08. The molecule has 1 aromatic rings. The third-order valence-electron chi connectivity index (χ3n) is 1.68. The molecule has 0 aliphatic rings. The van der Waals surface area contributed by atoms with E-state index in [0.717, 1.165) is 4.47 Å². The molecule has 0 saturated carbocycles. The van der Waals surface area contributed by atoms with Gasteiger partial charge < -0.3 is 10.5 Å². The van der Waals surface area contributed by atoms with Gasteiger partial charge in [-0.15, -0.1) is 0 Å². The number of alkyl halides is 2. The Balaban J connectivity index is 3.02. The minimum atomic E-state index is -2.83. The smallest absolute Gasteiger partial charge is 0.387 e. The van der Waals surface area contributed by atoms with Gasteiger partial charge in [-0.1, -0.05) is 15.9 Å². The molecule has 0 radical (unpaired) electrons. The first-order valence-corrected chi connectivity index (χ1v) is 4.80. The van der Waals surface area contributed by atoms with Crippen LogP contribution in [0.2, 0.25) is 0 Å². The van der Waals surface area contributed by atoms with Crippen LogP contribution < -0.4 is 10.5 Å². The molecule has 1 atom stereocenters. The van der Waals surface area contributed by atoms with Crippen LogP contribution >= 0.6 is 15.9 Å². The second-order valence-electron chi connectivity index (χ2n) is 2.85. The van der Waals surface area contributed by atoms with Crippen LogP contribution in [0.3, 0.4) is 0 Å². The van der Waals surface area contributed by atoms with E-state index in [2.05, 4.69) is 20.7 Å². The largest absolute Gasteiger partial charge is 0.434 e. The number of halogens is 3.